The summed E-state index contributed by atoms with van der Waals surface area (Å²) in [4.78, 5) is 15.2. The second-order valence-corrected chi connectivity index (χ2v) is 5.47. The lowest BCUT2D eigenvalue weighted by atomic mass is 9.96. The van der Waals surface area contributed by atoms with E-state index in [0.29, 0.717) is 12.3 Å². The van der Waals surface area contributed by atoms with Gasteiger partial charge in [-0.1, -0.05) is 5.16 Å². The summed E-state index contributed by atoms with van der Waals surface area (Å²) in [5.41, 5.74) is -0.0162. The van der Waals surface area contributed by atoms with Gasteiger partial charge in [0.05, 0.1) is 6.54 Å². The molecule has 0 atom stereocenters. The molecule has 1 aliphatic heterocycles. The fourth-order valence-corrected chi connectivity index (χ4v) is 2.55. The average Bonchev–Trinajstić information content (AvgIpc) is 2.80. The number of carbonyl (C=O) groups is 1. The van der Waals surface area contributed by atoms with Crippen LogP contribution in [0.5, 0.6) is 0 Å². The first-order valence-corrected chi connectivity index (χ1v) is 6.60. The smallest absolute Gasteiger partial charge is 0.358 e. The van der Waals surface area contributed by atoms with E-state index in [2.05, 4.69) is 29.1 Å². The van der Waals surface area contributed by atoms with E-state index in [1.807, 2.05) is 0 Å². The van der Waals surface area contributed by atoms with E-state index >= 15 is 0 Å². The van der Waals surface area contributed by atoms with Gasteiger partial charge in [-0.05, 0) is 45.9 Å². The first-order chi connectivity index (χ1) is 9.04. The lowest BCUT2D eigenvalue weighted by Crippen LogP contribution is -2.36. The fourth-order valence-electron chi connectivity index (χ4n) is 2.55. The molecule has 0 saturated carbocycles. The van der Waals surface area contributed by atoms with Crippen molar-refractivity contribution in [2.45, 2.75) is 19.4 Å². The number of aromatic carboxylic acids is 1. The summed E-state index contributed by atoms with van der Waals surface area (Å²) < 4.78 is 5.04. The van der Waals surface area contributed by atoms with Crippen molar-refractivity contribution < 1.29 is 14.4 Å². The van der Waals surface area contributed by atoms with Crippen LogP contribution in [0.2, 0.25) is 0 Å². The van der Waals surface area contributed by atoms with Gasteiger partial charge >= 0.3 is 5.97 Å². The Morgan fingerprint density at radius 2 is 2.21 bits per heavy atom. The standard InChI is InChI=1S/C13H21N3O3/c1-15(2)8-10-3-5-16(6-4-10)9-11-7-12(13(17)18)14-19-11/h7,10H,3-6,8-9H2,1-2H3,(H,17,18). The Kier molecular flexibility index (Phi) is 4.55. The molecule has 1 fully saturated rings. The molecule has 2 heterocycles. The number of nitrogens with zero attached hydrogens (tertiary/aromatic N) is 3. The molecule has 1 saturated heterocycles. The molecule has 0 aliphatic carbocycles. The zero-order chi connectivity index (χ0) is 13.8. The fraction of sp³-hybridized carbons (Fsp3) is 0.692. The number of carboxylic acids is 1. The van der Waals surface area contributed by atoms with Gasteiger partial charge in [-0.2, -0.15) is 0 Å². The average molecular weight is 267 g/mol. The maximum atomic E-state index is 10.7. The van der Waals surface area contributed by atoms with Crippen LogP contribution in [0, 0.1) is 5.92 Å². The third-order valence-electron chi connectivity index (χ3n) is 3.49. The number of aromatic nitrogens is 1. The molecule has 0 amide bonds. The quantitative estimate of drug-likeness (QED) is 0.863. The predicted molar refractivity (Wildman–Crippen MR) is 70.0 cm³/mol. The summed E-state index contributed by atoms with van der Waals surface area (Å²) in [6.07, 6.45) is 2.36. The van der Waals surface area contributed by atoms with Gasteiger partial charge in [0.25, 0.3) is 0 Å². The van der Waals surface area contributed by atoms with Gasteiger partial charge in [0.1, 0.15) is 0 Å². The number of hydrogen-bond acceptors (Lipinski definition) is 5. The Morgan fingerprint density at radius 3 is 2.74 bits per heavy atom. The largest absolute Gasteiger partial charge is 0.476 e. The lowest BCUT2D eigenvalue weighted by molar-refractivity contribution is 0.0685. The highest BCUT2D eigenvalue weighted by atomic mass is 16.5. The normalized spacial score (nSPS) is 18.1. The van der Waals surface area contributed by atoms with Crippen LogP contribution in [0.4, 0.5) is 0 Å². The summed E-state index contributed by atoms with van der Waals surface area (Å²) in [6, 6.07) is 1.51. The molecule has 19 heavy (non-hydrogen) atoms. The highest BCUT2D eigenvalue weighted by Gasteiger charge is 2.21. The summed E-state index contributed by atoms with van der Waals surface area (Å²) in [5.74, 6) is 0.346. The maximum absolute atomic E-state index is 10.7. The number of likely N-dealkylation sites (tertiary alicyclic amines) is 1. The van der Waals surface area contributed by atoms with Crippen LogP contribution in [0.15, 0.2) is 10.6 Å². The molecule has 0 unspecified atom stereocenters. The predicted octanol–water partition coefficient (Wildman–Crippen LogP) is 1.15. The highest BCUT2D eigenvalue weighted by Crippen LogP contribution is 2.19. The van der Waals surface area contributed by atoms with E-state index in [1.54, 1.807) is 0 Å². The van der Waals surface area contributed by atoms with Crippen LogP contribution in [0.1, 0.15) is 29.1 Å². The Hall–Kier alpha value is -1.40. The number of rotatable bonds is 5. The molecular weight excluding hydrogens is 246 g/mol. The lowest BCUT2D eigenvalue weighted by Gasteiger charge is -2.32. The molecular formula is C13H21N3O3. The molecule has 0 bridgehead atoms. The van der Waals surface area contributed by atoms with Crippen LogP contribution in [0.3, 0.4) is 0 Å². The molecule has 106 valence electrons. The van der Waals surface area contributed by atoms with Crippen molar-refractivity contribution in [3.63, 3.8) is 0 Å². The molecule has 1 aliphatic rings. The number of hydrogen-bond donors (Lipinski definition) is 1. The summed E-state index contributed by atoms with van der Waals surface area (Å²) >= 11 is 0. The number of carboxylic acid groups (broad SMARTS) is 1. The van der Waals surface area contributed by atoms with E-state index in [0.717, 1.165) is 25.6 Å². The van der Waals surface area contributed by atoms with Gasteiger partial charge in [0, 0.05) is 12.6 Å². The zero-order valence-electron chi connectivity index (χ0n) is 11.5. The second-order valence-electron chi connectivity index (χ2n) is 5.47. The molecule has 1 aromatic heterocycles. The number of piperidine rings is 1. The topological polar surface area (TPSA) is 69.8 Å². The van der Waals surface area contributed by atoms with E-state index in [-0.39, 0.29) is 5.69 Å². The van der Waals surface area contributed by atoms with E-state index < -0.39 is 5.97 Å². The van der Waals surface area contributed by atoms with Crippen molar-refractivity contribution >= 4 is 5.97 Å². The zero-order valence-corrected chi connectivity index (χ0v) is 11.5. The molecule has 1 N–H and O–H groups in total. The highest BCUT2D eigenvalue weighted by molar-refractivity contribution is 5.85. The van der Waals surface area contributed by atoms with Gasteiger partial charge in [0.2, 0.25) is 0 Å². The van der Waals surface area contributed by atoms with Crippen molar-refractivity contribution in [1.29, 1.82) is 0 Å². The van der Waals surface area contributed by atoms with Crippen LogP contribution < -0.4 is 0 Å². The molecule has 0 aromatic carbocycles. The summed E-state index contributed by atoms with van der Waals surface area (Å²) in [6.45, 7) is 3.84. The van der Waals surface area contributed by atoms with Gasteiger partial charge in [-0.25, -0.2) is 4.79 Å². The molecule has 6 heteroatoms. The Bertz CT molecular complexity index is 423. The minimum Gasteiger partial charge on any atom is -0.476 e. The van der Waals surface area contributed by atoms with Gasteiger partial charge in [-0.15, -0.1) is 0 Å². The van der Waals surface area contributed by atoms with Crippen LogP contribution in [0.25, 0.3) is 0 Å². The first kappa shape index (κ1) is 14.0. The van der Waals surface area contributed by atoms with E-state index in [4.69, 9.17) is 9.63 Å². The molecule has 0 spiro atoms. The molecule has 1 aromatic rings. The van der Waals surface area contributed by atoms with Gasteiger partial charge in [-0.3, -0.25) is 4.90 Å². The van der Waals surface area contributed by atoms with E-state index in [1.165, 1.54) is 18.9 Å². The Balaban J connectivity index is 1.80. The first-order valence-electron chi connectivity index (χ1n) is 6.60. The Labute approximate surface area is 113 Å². The van der Waals surface area contributed by atoms with Crippen molar-refractivity contribution in [2.75, 3.05) is 33.7 Å². The SMILES string of the molecule is CN(C)CC1CCN(Cc2cc(C(=O)O)no2)CC1. The van der Waals surface area contributed by atoms with Crippen LogP contribution >= 0.6 is 0 Å². The van der Waals surface area contributed by atoms with Crippen molar-refractivity contribution in [1.82, 2.24) is 15.0 Å². The summed E-state index contributed by atoms with van der Waals surface area (Å²) in [7, 11) is 4.21. The van der Waals surface area contributed by atoms with E-state index in [9.17, 15) is 4.79 Å². The Morgan fingerprint density at radius 1 is 1.53 bits per heavy atom. The third kappa shape index (κ3) is 4.04. The van der Waals surface area contributed by atoms with Crippen molar-refractivity contribution in [2.24, 2.45) is 5.92 Å². The minimum absolute atomic E-state index is 0.0162. The summed E-state index contributed by atoms with van der Waals surface area (Å²) in [5, 5.41) is 12.3. The molecule has 2 rings (SSSR count). The second kappa shape index (κ2) is 6.16. The monoisotopic (exact) mass is 267 g/mol. The molecule has 0 radical (unpaired) electrons. The van der Waals surface area contributed by atoms with Crippen LogP contribution in [-0.2, 0) is 6.54 Å². The van der Waals surface area contributed by atoms with Crippen molar-refractivity contribution in [3.05, 3.63) is 17.5 Å². The molecule has 6 nitrogen and oxygen atoms in total. The van der Waals surface area contributed by atoms with Gasteiger partial charge in [0.15, 0.2) is 11.5 Å². The van der Waals surface area contributed by atoms with Crippen molar-refractivity contribution in [3.8, 4) is 0 Å². The van der Waals surface area contributed by atoms with Gasteiger partial charge < -0.3 is 14.5 Å². The maximum Gasteiger partial charge on any atom is 0.358 e. The third-order valence-corrected chi connectivity index (χ3v) is 3.49. The minimum atomic E-state index is -1.04. The van der Waals surface area contributed by atoms with Crippen LogP contribution in [-0.4, -0.2) is 59.8 Å².